The molecule has 0 unspecified atom stereocenters. The predicted molar refractivity (Wildman–Crippen MR) is 83.3 cm³/mol. The van der Waals surface area contributed by atoms with Gasteiger partial charge in [0, 0.05) is 17.1 Å². The smallest absolute Gasteiger partial charge is 0.305 e. The lowest BCUT2D eigenvalue weighted by molar-refractivity contribution is -0.136. The summed E-state index contributed by atoms with van der Waals surface area (Å²) >= 11 is 1.55. The topological polar surface area (TPSA) is 114 Å². The van der Waals surface area contributed by atoms with Crippen molar-refractivity contribution in [3.05, 3.63) is 34.5 Å². The van der Waals surface area contributed by atoms with Crippen molar-refractivity contribution in [2.45, 2.75) is 6.42 Å². The van der Waals surface area contributed by atoms with Crippen LogP contribution in [0.15, 0.2) is 29.8 Å². The molecule has 0 aliphatic heterocycles. The molecule has 1 rings (SSSR count). The van der Waals surface area contributed by atoms with E-state index in [0.29, 0.717) is 13.1 Å². The zero-order chi connectivity index (χ0) is 15.0. The summed E-state index contributed by atoms with van der Waals surface area (Å²) < 4.78 is 0. The second kappa shape index (κ2) is 8.00. The SMILES string of the molecule is C=C(NCCC(=O)O)c1ccc(/C=C/CN=C(N)N)s1. The van der Waals surface area contributed by atoms with Crippen molar-refractivity contribution < 1.29 is 9.90 Å². The molecule has 0 radical (unpaired) electrons. The summed E-state index contributed by atoms with van der Waals surface area (Å²) in [6, 6.07) is 3.89. The Bertz CT molecular complexity index is 530. The van der Waals surface area contributed by atoms with Gasteiger partial charge in [-0.1, -0.05) is 12.7 Å². The number of carbonyl (C=O) groups is 1. The highest BCUT2D eigenvalue weighted by Crippen LogP contribution is 2.22. The van der Waals surface area contributed by atoms with E-state index in [1.165, 1.54) is 0 Å². The Morgan fingerprint density at radius 1 is 1.50 bits per heavy atom. The summed E-state index contributed by atoms with van der Waals surface area (Å²) in [7, 11) is 0. The first kappa shape index (κ1) is 15.8. The van der Waals surface area contributed by atoms with E-state index in [0.717, 1.165) is 15.5 Å². The molecule has 0 bridgehead atoms. The van der Waals surface area contributed by atoms with E-state index >= 15 is 0 Å². The standard InChI is InChI=1S/C13H18N4O2S/c1-9(16-8-6-12(18)19)11-5-4-10(20-11)3-2-7-17-13(14)15/h2-5,16H,1,6-8H2,(H,18,19)(H4,14,15,17)/b3-2+. The number of nitrogens with two attached hydrogens (primary N) is 2. The number of carboxylic acids is 1. The lowest BCUT2D eigenvalue weighted by Crippen LogP contribution is -2.22. The van der Waals surface area contributed by atoms with Gasteiger partial charge in [0.25, 0.3) is 0 Å². The summed E-state index contributed by atoms with van der Waals surface area (Å²) in [6.45, 7) is 4.68. The average molecular weight is 294 g/mol. The second-order valence-electron chi connectivity index (χ2n) is 3.92. The van der Waals surface area contributed by atoms with E-state index in [1.807, 2.05) is 24.3 Å². The molecule has 0 fully saturated rings. The number of nitrogens with zero attached hydrogens (tertiary/aromatic N) is 1. The molecule has 1 aromatic rings. The van der Waals surface area contributed by atoms with Crippen molar-refractivity contribution in [1.29, 1.82) is 0 Å². The highest BCUT2D eigenvalue weighted by Gasteiger charge is 2.03. The first-order valence-corrected chi connectivity index (χ1v) is 6.77. The number of rotatable bonds is 8. The second-order valence-corrected chi connectivity index (χ2v) is 5.03. The van der Waals surface area contributed by atoms with E-state index in [1.54, 1.807) is 11.3 Å². The van der Waals surface area contributed by atoms with Gasteiger partial charge in [-0.15, -0.1) is 11.3 Å². The van der Waals surface area contributed by atoms with Gasteiger partial charge >= 0.3 is 5.97 Å². The molecule has 7 heteroatoms. The van der Waals surface area contributed by atoms with Crippen LogP contribution < -0.4 is 16.8 Å². The molecule has 1 heterocycles. The van der Waals surface area contributed by atoms with Crippen molar-refractivity contribution in [3.8, 4) is 0 Å². The van der Waals surface area contributed by atoms with Gasteiger partial charge in [-0.2, -0.15) is 0 Å². The zero-order valence-corrected chi connectivity index (χ0v) is 11.8. The Balaban J connectivity index is 2.48. The minimum atomic E-state index is -0.833. The predicted octanol–water partition coefficient (Wildman–Crippen LogP) is 1.07. The molecule has 20 heavy (non-hydrogen) atoms. The van der Waals surface area contributed by atoms with Crippen molar-refractivity contribution >= 4 is 35.0 Å². The number of carboxylic acid groups (broad SMARTS) is 1. The molecule has 0 aliphatic carbocycles. The molecule has 0 amide bonds. The van der Waals surface area contributed by atoms with Gasteiger partial charge in [0.2, 0.25) is 0 Å². The third-order valence-electron chi connectivity index (χ3n) is 2.26. The van der Waals surface area contributed by atoms with Crippen LogP contribution in [0.25, 0.3) is 11.8 Å². The van der Waals surface area contributed by atoms with Crippen LogP contribution in [0.3, 0.4) is 0 Å². The molecule has 108 valence electrons. The summed E-state index contributed by atoms with van der Waals surface area (Å²) in [4.78, 5) is 16.3. The van der Waals surface area contributed by atoms with E-state index in [4.69, 9.17) is 16.6 Å². The van der Waals surface area contributed by atoms with Crippen LogP contribution >= 0.6 is 11.3 Å². The van der Waals surface area contributed by atoms with E-state index in [9.17, 15) is 4.79 Å². The molecule has 0 saturated heterocycles. The highest BCUT2D eigenvalue weighted by atomic mass is 32.1. The fraction of sp³-hybridized carbons (Fsp3) is 0.231. The van der Waals surface area contributed by atoms with E-state index in [2.05, 4.69) is 16.9 Å². The van der Waals surface area contributed by atoms with Crippen LogP contribution in [0.4, 0.5) is 0 Å². The van der Waals surface area contributed by atoms with Gasteiger partial charge in [0.15, 0.2) is 5.96 Å². The van der Waals surface area contributed by atoms with Gasteiger partial charge in [-0.25, -0.2) is 4.99 Å². The largest absolute Gasteiger partial charge is 0.481 e. The number of aliphatic carboxylic acids is 1. The number of hydrogen-bond donors (Lipinski definition) is 4. The number of hydrogen-bond acceptors (Lipinski definition) is 4. The highest BCUT2D eigenvalue weighted by molar-refractivity contribution is 7.13. The normalized spacial score (nSPS) is 10.4. The third-order valence-corrected chi connectivity index (χ3v) is 3.37. The molecular weight excluding hydrogens is 276 g/mol. The number of guanidine groups is 1. The Hall–Kier alpha value is -2.28. The molecule has 0 aromatic carbocycles. The molecule has 0 atom stereocenters. The van der Waals surface area contributed by atoms with Crippen LogP contribution in [0.2, 0.25) is 0 Å². The monoisotopic (exact) mass is 294 g/mol. The first-order valence-electron chi connectivity index (χ1n) is 5.95. The van der Waals surface area contributed by atoms with Gasteiger partial charge in [0.1, 0.15) is 0 Å². The van der Waals surface area contributed by atoms with Crippen molar-refractivity contribution in [2.75, 3.05) is 13.1 Å². The summed E-state index contributed by atoms with van der Waals surface area (Å²) in [5.41, 5.74) is 11.2. The maximum Gasteiger partial charge on any atom is 0.305 e. The Morgan fingerprint density at radius 2 is 2.25 bits per heavy atom. The van der Waals surface area contributed by atoms with Gasteiger partial charge in [-0.05, 0) is 18.2 Å². The van der Waals surface area contributed by atoms with Crippen molar-refractivity contribution in [1.82, 2.24) is 5.32 Å². The van der Waals surface area contributed by atoms with Crippen LogP contribution in [0.1, 0.15) is 16.2 Å². The molecule has 6 nitrogen and oxygen atoms in total. The van der Waals surface area contributed by atoms with Crippen LogP contribution in [0.5, 0.6) is 0 Å². The minimum absolute atomic E-state index is 0.0651. The molecule has 1 aromatic heterocycles. The summed E-state index contributed by atoms with van der Waals surface area (Å²) in [5.74, 6) is -0.766. The lowest BCUT2D eigenvalue weighted by atomic mass is 10.3. The van der Waals surface area contributed by atoms with Gasteiger partial charge in [0.05, 0.1) is 17.8 Å². The molecular formula is C13H18N4O2S. The van der Waals surface area contributed by atoms with Crippen molar-refractivity contribution in [3.63, 3.8) is 0 Å². The molecule has 0 aliphatic rings. The Labute approximate surface area is 121 Å². The number of aliphatic imine (C=N–C) groups is 1. The summed E-state index contributed by atoms with van der Waals surface area (Å²) in [5, 5.41) is 11.5. The maximum absolute atomic E-state index is 10.4. The van der Waals surface area contributed by atoms with Crippen LogP contribution in [-0.4, -0.2) is 30.1 Å². The van der Waals surface area contributed by atoms with Crippen molar-refractivity contribution in [2.24, 2.45) is 16.5 Å². The molecule has 6 N–H and O–H groups in total. The van der Waals surface area contributed by atoms with Gasteiger partial charge in [-0.3, -0.25) is 4.79 Å². The molecule has 0 saturated carbocycles. The quantitative estimate of drug-likeness (QED) is 0.423. The Morgan fingerprint density at radius 3 is 2.90 bits per heavy atom. The van der Waals surface area contributed by atoms with Crippen LogP contribution in [-0.2, 0) is 4.79 Å². The fourth-order valence-corrected chi connectivity index (χ4v) is 2.22. The fourth-order valence-electron chi connectivity index (χ4n) is 1.34. The number of thiophene rings is 1. The average Bonchev–Trinajstić information content (AvgIpc) is 2.82. The number of nitrogens with one attached hydrogen (secondary N) is 1. The molecule has 0 spiro atoms. The van der Waals surface area contributed by atoms with E-state index in [-0.39, 0.29) is 12.4 Å². The zero-order valence-electron chi connectivity index (χ0n) is 11.0. The van der Waals surface area contributed by atoms with Gasteiger partial charge < -0.3 is 21.9 Å². The van der Waals surface area contributed by atoms with E-state index < -0.39 is 5.97 Å². The summed E-state index contributed by atoms with van der Waals surface area (Å²) in [6.07, 6.45) is 3.84. The maximum atomic E-state index is 10.4. The third kappa shape index (κ3) is 6.05. The Kier molecular flexibility index (Phi) is 6.31. The first-order chi connectivity index (χ1) is 9.49. The van der Waals surface area contributed by atoms with Crippen LogP contribution in [0, 0.1) is 0 Å². The lowest BCUT2D eigenvalue weighted by Gasteiger charge is -2.05. The minimum Gasteiger partial charge on any atom is -0.481 e.